The molecule has 0 saturated carbocycles. The van der Waals surface area contributed by atoms with Crippen LogP contribution in [0.1, 0.15) is 0 Å². The zero-order valence-corrected chi connectivity index (χ0v) is 10.4. The van der Waals surface area contributed by atoms with Gasteiger partial charge in [-0.3, -0.25) is 4.98 Å². The molecular formula is C13H15N3S. The van der Waals surface area contributed by atoms with Gasteiger partial charge in [-0.25, -0.2) is 0 Å². The van der Waals surface area contributed by atoms with Gasteiger partial charge in [-0.2, -0.15) is 11.8 Å². The molecule has 0 spiro atoms. The Hall–Kier alpha value is -1.42. The molecule has 1 aliphatic rings. The highest BCUT2D eigenvalue weighted by molar-refractivity contribution is 7.99. The molecule has 0 unspecified atom stereocenters. The summed E-state index contributed by atoms with van der Waals surface area (Å²) in [5.41, 5.74) is 8.92. The number of para-hydroxylation sites is 1. The molecule has 2 heterocycles. The van der Waals surface area contributed by atoms with Crippen LogP contribution >= 0.6 is 11.8 Å². The number of hydrogen-bond acceptors (Lipinski definition) is 4. The number of nitrogens with two attached hydrogens (primary N) is 1. The van der Waals surface area contributed by atoms with Crippen LogP contribution in [0.5, 0.6) is 0 Å². The van der Waals surface area contributed by atoms with Gasteiger partial charge in [0.05, 0.1) is 11.2 Å². The van der Waals surface area contributed by atoms with Gasteiger partial charge in [-0.1, -0.05) is 12.1 Å². The lowest BCUT2D eigenvalue weighted by Gasteiger charge is -2.29. The van der Waals surface area contributed by atoms with Gasteiger partial charge in [-0.05, 0) is 12.1 Å². The van der Waals surface area contributed by atoms with Crippen LogP contribution in [0.25, 0.3) is 10.9 Å². The molecule has 4 heteroatoms. The Morgan fingerprint density at radius 1 is 1.18 bits per heavy atom. The number of benzene rings is 1. The van der Waals surface area contributed by atoms with E-state index in [-0.39, 0.29) is 0 Å². The van der Waals surface area contributed by atoms with Gasteiger partial charge in [0.1, 0.15) is 0 Å². The van der Waals surface area contributed by atoms with Crippen LogP contribution in [0.15, 0.2) is 30.5 Å². The maximum atomic E-state index is 5.97. The SMILES string of the molecule is Nc1cccc2c(N3CCSCC3)ccnc12. The minimum absolute atomic E-state index is 0.760. The van der Waals surface area contributed by atoms with Gasteiger partial charge in [0, 0.05) is 41.9 Å². The highest BCUT2D eigenvalue weighted by Crippen LogP contribution is 2.29. The van der Waals surface area contributed by atoms with Crippen molar-refractivity contribution in [2.24, 2.45) is 0 Å². The summed E-state index contributed by atoms with van der Waals surface area (Å²) in [4.78, 5) is 6.81. The fraction of sp³-hybridized carbons (Fsp3) is 0.308. The van der Waals surface area contributed by atoms with Crippen LogP contribution in [0.2, 0.25) is 0 Å². The van der Waals surface area contributed by atoms with Crippen LogP contribution < -0.4 is 10.6 Å². The Bertz CT molecular complexity index is 535. The van der Waals surface area contributed by atoms with Crippen LogP contribution in [-0.2, 0) is 0 Å². The van der Waals surface area contributed by atoms with E-state index >= 15 is 0 Å². The molecule has 0 amide bonds. The molecule has 0 radical (unpaired) electrons. The number of rotatable bonds is 1. The van der Waals surface area contributed by atoms with E-state index in [1.165, 1.54) is 22.6 Å². The molecule has 1 aromatic heterocycles. The third-order valence-electron chi connectivity index (χ3n) is 3.13. The Balaban J connectivity index is 2.12. The molecule has 3 nitrogen and oxygen atoms in total. The zero-order valence-electron chi connectivity index (χ0n) is 9.60. The van der Waals surface area contributed by atoms with Crippen LogP contribution in [0.3, 0.4) is 0 Å². The van der Waals surface area contributed by atoms with Gasteiger partial charge in [0.25, 0.3) is 0 Å². The normalized spacial score (nSPS) is 16.4. The standard InChI is InChI=1S/C13H15N3S/c14-11-3-1-2-10-12(4-5-15-13(10)11)16-6-8-17-9-7-16/h1-5H,6-9,14H2. The van der Waals surface area contributed by atoms with Crippen molar-refractivity contribution in [2.75, 3.05) is 35.2 Å². The molecule has 1 aliphatic heterocycles. The predicted octanol–water partition coefficient (Wildman–Crippen LogP) is 2.37. The number of aromatic nitrogens is 1. The molecule has 0 bridgehead atoms. The second kappa shape index (κ2) is 4.45. The number of hydrogen-bond donors (Lipinski definition) is 1. The maximum absolute atomic E-state index is 5.97. The average Bonchev–Trinajstić information content (AvgIpc) is 2.40. The van der Waals surface area contributed by atoms with E-state index in [4.69, 9.17) is 5.73 Å². The number of fused-ring (bicyclic) bond motifs is 1. The summed E-state index contributed by atoms with van der Waals surface area (Å²) in [5, 5.41) is 1.17. The van der Waals surface area contributed by atoms with Crippen LogP contribution in [-0.4, -0.2) is 29.6 Å². The van der Waals surface area contributed by atoms with Gasteiger partial charge in [0.15, 0.2) is 0 Å². The van der Waals surface area contributed by atoms with Crippen LogP contribution in [0, 0.1) is 0 Å². The van der Waals surface area contributed by atoms with Gasteiger partial charge in [0.2, 0.25) is 0 Å². The Morgan fingerprint density at radius 3 is 2.82 bits per heavy atom. The van der Waals surface area contributed by atoms with Crippen molar-refractivity contribution in [2.45, 2.75) is 0 Å². The molecule has 0 atom stereocenters. The second-order valence-electron chi connectivity index (χ2n) is 4.17. The third kappa shape index (κ3) is 1.93. The lowest BCUT2D eigenvalue weighted by molar-refractivity contribution is 0.862. The van der Waals surface area contributed by atoms with Crippen molar-refractivity contribution in [3.8, 4) is 0 Å². The lowest BCUT2D eigenvalue weighted by Crippen LogP contribution is -2.32. The summed E-state index contributed by atoms with van der Waals surface area (Å²) in [5.74, 6) is 2.40. The number of nitrogens with zero attached hydrogens (tertiary/aromatic N) is 2. The van der Waals surface area contributed by atoms with Crippen molar-refractivity contribution >= 4 is 34.0 Å². The molecule has 2 aromatic rings. The monoisotopic (exact) mass is 245 g/mol. The third-order valence-corrected chi connectivity index (χ3v) is 4.07. The molecular weight excluding hydrogens is 230 g/mol. The summed E-state index contributed by atoms with van der Waals surface area (Å²) in [6.45, 7) is 2.22. The van der Waals surface area contributed by atoms with Crippen molar-refractivity contribution in [3.05, 3.63) is 30.5 Å². The van der Waals surface area contributed by atoms with Crippen molar-refractivity contribution in [3.63, 3.8) is 0 Å². The van der Waals surface area contributed by atoms with E-state index in [0.717, 1.165) is 24.3 Å². The first-order chi connectivity index (χ1) is 8.36. The highest BCUT2D eigenvalue weighted by Gasteiger charge is 2.14. The smallest absolute Gasteiger partial charge is 0.0951 e. The van der Waals surface area contributed by atoms with E-state index in [1.54, 1.807) is 0 Å². The van der Waals surface area contributed by atoms with Crippen LogP contribution in [0.4, 0.5) is 11.4 Å². The number of thioether (sulfide) groups is 1. The van der Waals surface area contributed by atoms with E-state index in [0.29, 0.717) is 0 Å². The number of anilines is 2. The summed E-state index contributed by atoms with van der Waals surface area (Å²) >= 11 is 2.02. The fourth-order valence-electron chi connectivity index (χ4n) is 2.26. The van der Waals surface area contributed by atoms with E-state index < -0.39 is 0 Å². The van der Waals surface area contributed by atoms with Gasteiger partial charge >= 0.3 is 0 Å². The predicted molar refractivity (Wildman–Crippen MR) is 75.7 cm³/mol. The summed E-state index contributed by atoms with van der Waals surface area (Å²) < 4.78 is 0. The molecule has 1 fully saturated rings. The first-order valence-electron chi connectivity index (χ1n) is 5.82. The molecule has 17 heavy (non-hydrogen) atoms. The number of nitrogen functional groups attached to an aromatic ring is 1. The Morgan fingerprint density at radius 2 is 2.00 bits per heavy atom. The summed E-state index contributed by atoms with van der Waals surface area (Å²) in [6.07, 6.45) is 1.86. The van der Waals surface area contributed by atoms with E-state index in [1.807, 2.05) is 30.1 Å². The average molecular weight is 245 g/mol. The second-order valence-corrected chi connectivity index (χ2v) is 5.40. The minimum Gasteiger partial charge on any atom is -0.397 e. The van der Waals surface area contributed by atoms with E-state index in [2.05, 4.69) is 22.0 Å². The largest absolute Gasteiger partial charge is 0.397 e. The minimum atomic E-state index is 0.760. The zero-order chi connectivity index (χ0) is 11.7. The first-order valence-corrected chi connectivity index (χ1v) is 6.97. The maximum Gasteiger partial charge on any atom is 0.0951 e. The van der Waals surface area contributed by atoms with Gasteiger partial charge in [-0.15, -0.1) is 0 Å². The Kier molecular flexibility index (Phi) is 2.81. The number of pyridine rings is 1. The fourth-order valence-corrected chi connectivity index (χ4v) is 3.17. The van der Waals surface area contributed by atoms with E-state index in [9.17, 15) is 0 Å². The molecule has 1 saturated heterocycles. The molecule has 3 rings (SSSR count). The van der Waals surface area contributed by atoms with Crippen molar-refractivity contribution < 1.29 is 0 Å². The molecule has 2 N–H and O–H groups in total. The highest BCUT2D eigenvalue weighted by atomic mass is 32.2. The molecule has 1 aromatic carbocycles. The molecule has 88 valence electrons. The quantitative estimate of drug-likeness (QED) is 0.783. The van der Waals surface area contributed by atoms with Gasteiger partial charge < -0.3 is 10.6 Å². The Labute approximate surface area is 105 Å². The van der Waals surface area contributed by atoms with Crippen molar-refractivity contribution in [1.82, 2.24) is 4.98 Å². The lowest BCUT2D eigenvalue weighted by atomic mass is 10.1. The first kappa shape index (κ1) is 10.7. The molecule has 0 aliphatic carbocycles. The topological polar surface area (TPSA) is 42.1 Å². The van der Waals surface area contributed by atoms with Crippen molar-refractivity contribution in [1.29, 1.82) is 0 Å². The summed E-state index contributed by atoms with van der Waals surface area (Å²) in [6, 6.07) is 8.11. The summed E-state index contributed by atoms with van der Waals surface area (Å²) in [7, 11) is 0.